The minimum Gasteiger partial charge on any atom is -0.399 e. The molecule has 4 heteroatoms. The van der Waals surface area contributed by atoms with Crippen molar-refractivity contribution in [2.75, 3.05) is 0 Å². The van der Waals surface area contributed by atoms with Crippen LogP contribution in [-0.2, 0) is 14.7 Å². The van der Waals surface area contributed by atoms with Crippen LogP contribution >= 0.6 is 0 Å². The van der Waals surface area contributed by atoms with E-state index >= 15 is 0 Å². The van der Waals surface area contributed by atoms with Crippen LogP contribution in [0.4, 0.5) is 0 Å². The van der Waals surface area contributed by atoms with Gasteiger partial charge in [0.05, 0.1) is 16.9 Å². The van der Waals surface area contributed by atoms with Crippen LogP contribution in [-0.4, -0.2) is 23.3 Å². The molecule has 5 fully saturated rings. The maximum Gasteiger partial charge on any atom is 0.494 e. The van der Waals surface area contributed by atoms with Gasteiger partial charge in [0.25, 0.3) is 0 Å². The largest absolute Gasteiger partial charge is 0.494 e. The van der Waals surface area contributed by atoms with E-state index in [1.54, 1.807) is 0 Å². The third-order valence-electron chi connectivity index (χ3n) is 10.2. The SMILES string of the molecule is CC1(C)OB(c2ccc(-c3cc(-c4ccccc4)cc(C45CC6CC(CC(C6)C4)C5)n3)cc2)OC1(C)C. The molecule has 0 radical (unpaired) electrons. The summed E-state index contributed by atoms with van der Waals surface area (Å²) in [5.41, 5.74) is 6.76. The predicted octanol–water partition coefficient (Wildman–Crippen LogP) is 7.18. The summed E-state index contributed by atoms with van der Waals surface area (Å²) in [5.74, 6) is 2.70. The lowest BCUT2D eigenvalue weighted by Gasteiger charge is -2.56. The van der Waals surface area contributed by atoms with Gasteiger partial charge in [-0.3, -0.25) is 4.98 Å². The summed E-state index contributed by atoms with van der Waals surface area (Å²) in [7, 11) is -0.342. The highest BCUT2D eigenvalue weighted by Crippen LogP contribution is 2.60. The molecule has 1 aromatic heterocycles. The van der Waals surface area contributed by atoms with Gasteiger partial charge in [-0.1, -0.05) is 54.6 Å². The Morgan fingerprint density at radius 1 is 0.676 bits per heavy atom. The molecule has 2 aromatic carbocycles. The molecule has 0 spiro atoms. The summed E-state index contributed by atoms with van der Waals surface area (Å²) < 4.78 is 12.6. The zero-order chi connectivity index (χ0) is 25.4. The van der Waals surface area contributed by atoms with Crippen LogP contribution in [0.2, 0.25) is 0 Å². The van der Waals surface area contributed by atoms with Gasteiger partial charge in [-0.25, -0.2) is 0 Å². The highest BCUT2D eigenvalue weighted by atomic mass is 16.7. The Hall–Kier alpha value is -2.43. The molecule has 4 saturated carbocycles. The third-order valence-corrected chi connectivity index (χ3v) is 10.2. The Morgan fingerprint density at radius 2 is 1.24 bits per heavy atom. The molecule has 3 nitrogen and oxygen atoms in total. The van der Waals surface area contributed by atoms with Gasteiger partial charge < -0.3 is 9.31 Å². The van der Waals surface area contributed by atoms with E-state index in [4.69, 9.17) is 14.3 Å². The number of rotatable bonds is 4. The Labute approximate surface area is 222 Å². The zero-order valence-electron chi connectivity index (χ0n) is 22.7. The highest BCUT2D eigenvalue weighted by Gasteiger charge is 2.53. The molecule has 1 aliphatic heterocycles. The Kier molecular flexibility index (Phi) is 5.30. The van der Waals surface area contributed by atoms with Gasteiger partial charge in [-0.05, 0) is 113 Å². The Morgan fingerprint density at radius 3 is 1.81 bits per heavy atom. The van der Waals surface area contributed by atoms with Crippen molar-refractivity contribution in [3.8, 4) is 22.4 Å². The number of hydrogen-bond donors (Lipinski definition) is 0. The molecule has 2 heterocycles. The molecule has 4 aliphatic carbocycles. The maximum absolute atomic E-state index is 6.29. The third kappa shape index (κ3) is 3.99. The number of nitrogens with zero attached hydrogens (tertiary/aromatic N) is 1. The topological polar surface area (TPSA) is 31.4 Å². The van der Waals surface area contributed by atoms with E-state index in [1.807, 2.05) is 0 Å². The molecule has 1 saturated heterocycles. The van der Waals surface area contributed by atoms with Crippen molar-refractivity contribution in [3.05, 3.63) is 72.4 Å². The summed E-state index contributed by atoms with van der Waals surface area (Å²) in [6, 6.07) is 24.2. The Balaban J connectivity index is 1.27. The van der Waals surface area contributed by atoms with Crippen molar-refractivity contribution < 1.29 is 9.31 Å². The molecule has 4 bridgehead atoms. The quantitative estimate of drug-likeness (QED) is 0.362. The van der Waals surface area contributed by atoms with Gasteiger partial charge in [0, 0.05) is 16.7 Å². The molecular weight excluding hydrogens is 453 g/mol. The van der Waals surface area contributed by atoms with Crippen LogP contribution < -0.4 is 5.46 Å². The molecule has 8 rings (SSSR count). The van der Waals surface area contributed by atoms with Gasteiger partial charge in [0.15, 0.2) is 0 Å². The fourth-order valence-electron chi connectivity index (χ4n) is 7.96. The molecular formula is C33H38BNO2. The lowest BCUT2D eigenvalue weighted by Crippen LogP contribution is -2.49. The van der Waals surface area contributed by atoms with Crippen molar-refractivity contribution in [1.29, 1.82) is 0 Å². The maximum atomic E-state index is 6.29. The van der Waals surface area contributed by atoms with Crippen molar-refractivity contribution >= 4 is 12.6 Å². The van der Waals surface area contributed by atoms with Crippen molar-refractivity contribution in [2.45, 2.75) is 82.8 Å². The molecule has 0 N–H and O–H groups in total. The van der Waals surface area contributed by atoms with Crippen LogP contribution in [0.25, 0.3) is 22.4 Å². The van der Waals surface area contributed by atoms with Gasteiger partial charge in [-0.15, -0.1) is 0 Å². The second-order valence-corrected chi connectivity index (χ2v) is 13.4. The van der Waals surface area contributed by atoms with E-state index < -0.39 is 0 Å². The van der Waals surface area contributed by atoms with Gasteiger partial charge >= 0.3 is 7.12 Å². The van der Waals surface area contributed by atoms with Crippen molar-refractivity contribution in [3.63, 3.8) is 0 Å². The average molecular weight is 491 g/mol. The van der Waals surface area contributed by atoms with E-state index in [1.165, 1.54) is 55.3 Å². The minimum absolute atomic E-state index is 0.261. The molecule has 0 atom stereocenters. The van der Waals surface area contributed by atoms with Gasteiger partial charge in [0.1, 0.15) is 0 Å². The molecule has 190 valence electrons. The molecule has 5 aliphatic rings. The summed E-state index contributed by atoms with van der Waals surface area (Å²) in [6.45, 7) is 8.41. The summed E-state index contributed by atoms with van der Waals surface area (Å²) in [4.78, 5) is 5.43. The fraction of sp³-hybridized carbons (Fsp3) is 0.485. The normalized spacial score (nSPS) is 31.1. The molecule has 0 unspecified atom stereocenters. The molecule has 3 aromatic rings. The van der Waals surface area contributed by atoms with Crippen LogP contribution in [0.1, 0.15) is 71.9 Å². The zero-order valence-corrected chi connectivity index (χ0v) is 22.7. The summed E-state index contributed by atoms with van der Waals surface area (Å²) >= 11 is 0. The van der Waals surface area contributed by atoms with E-state index in [-0.39, 0.29) is 23.7 Å². The lowest BCUT2D eigenvalue weighted by molar-refractivity contribution is -0.00712. The van der Waals surface area contributed by atoms with E-state index in [9.17, 15) is 0 Å². The smallest absolute Gasteiger partial charge is 0.399 e. The summed E-state index contributed by atoms with van der Waals surface area (Å²) in [6.07, 6.45) is 8.32. The number of benzene rings is 2. The molecule has 37 heavy (non-hydrogen) atoms. The molecule has 0 amide bonds. The first-order valence-corrected chi connectivity index (χ1v) is 14.2. The summed E-state index contributed by atoms with van der Waals surface area (Å²) in [5, 5.41) is 0. The Bertz CT molecular complexity index is 1260. The van der Waals surface area contributed by atoms with Crippen LogP contribution in [0, 0.1) is 17.8 Å². The van der Waals surface area contributed by atoms with Crippen LogP contribution in [0.3, 0.4) is 0 Å². The first kappa shape index (κ1) is 23.7. The second kappa shape index (κ2) is 8.29. The lowest BCUT2D eigenvalue weighted by atomic mass is 9.48. The van der Waals surface area contributed by atoms with Crippen molar-refractivity contribution in [2.24, 2.45) is 17.8 Å². The van der Waals surface area contributed by atoms with E-state index in [0.717, 1.165) is 34.5 Å². The number of aromatic nitrogens is 1. The fourth-order valence-corrected chi connectivity index (χ4v) is 7.96. The first-order chi connectivity index (χ1) is 17.7. The second-order valence-electron chi connectivity index (χ2n) is 13.4. The minimum atomic E-state index is -0.342. The predicted molar refractivity (Wildman–Crippen MR) is 151 cm³/mol. The average Bonchev–Trinajstić information content (AvgIpc) is 3.10. The van der Waals surface area contributed by atoms with E-state index in [2.05, 4.69) is 94.4 Å². The number of pyridine rings is 1. The number of hydrogen-bond acceptors (Lipinski definition) is 3. The van der Waals surface area contributed by atoms with Crippen LogP contribution in [0.5, 0.6) is 0 Å². The standard InChI is InChI=1S/C33H38BNO2/c1-31(2)32(3,4)37-34(36-31)28-12-10-26(11-13-28)29-17-27(25-8-6-5-7-9-25)18-30(35-29)33-19-22-14-23(20-33)16-24(15-22)21-33/h5-13,17-18,22-24H,14-16,19-21H2,1-4H3. The van der Waals surface area contributed by atoms with Gasteiger partial charge in [-0.2, -0.15) is 0 Å². The monoisotopic (exact) mass is 491 g/mol. The highest BCUT2D eigenvalue weighted by molar-refractivity contribution is 6.62. The first-order valence-electron chi connectivity index (χ1n) is 14.2. The van der Waals surface area contributed by atoms with Gasteiger partial charge in [0.2, 0.25) is 0 Å². The van der Waals surface area contributed by atoms with Crippen LogP contribution in [0.15, 0.2) is 66.7 Å². The van der Waals surface area contributed by atoms with Crippen molar-refractivity contribution in [1.82, 2.24) is 4.98 Å². The van der Waals surface area contributed by atoms with E-state index in [0.29, 0.717) is 0 Å².